The topological polar surface area (TPSA) is 0 Å². The Kier molecular flexibility index (Phi) is 2.05. The second-order valence-corrected chi connectivity index (χ2v) is 2.39. The van der Waals surface area contributed by atoms with Gasteiger partial charge >= 0.3 is 0 Å². The highest BCUT2D eigenvalue weighted by Gasteiger charge is 2.12. The maximum atomic E-state index is 5.34. The fraction of sp³-hybridized carbons (Fsp3) is 0.625. The molecule has 0 heterocycles. The van der Waals surface area contributed by atoms with Gasteiger partial charge in [-0.3, -0.25) is 0 Å². The normalized spacial score (nSPS) is 22.9. The van der Waals surface area contributed by atoms with Crippen molar-refractivity contribution in [2.45, 2.75) is 32.1 Å². The minimum absolute atomic E-state index is 1.25. The summed E-state index contributed by atoms with van der Waals surface area (Å²) in [5, 5.41) is 0. The Morgan fingerprint density at radius 1 is 1.12 bits per heavy atom. The predicted molar refractivity (Wildman–Crippen MR) is 35.2 cm³/mol. The van der Waals surface area contributed by atoms with E-state index >= 15 is 0 Å². The van der Waals surface area contributed by atoms with E-state index in [4.69, 9.17) is 6.58 Å². The van der Waals surface area contributed by atoms with E-state index in [1.54, 1.807) is 6.08 Å². The van der Waals surface area contributed by atoms with Crippen LogP contribution >= 0.6 is 0 Å². The third kappa shape index (κ3) is 1.31. The van der Waals surface area contributed by atoms with Crippen LogP contribution < -0.4 is 0 Å². The molecular weight excluding hydrogens is 96.1 g/mol. The van der Waals surface area contributed by atoms with Gasteiger partial charge in [0.2, 0.25) is 6.58 Å². The van der Waals surface area contributed by atoms with E-state index in [0.29, 0.717) is 0 Å². The molecule has 1 aliphatic rings. The molecule has 0 unspecified atom stereocenters. The van der Waals surface area contributed by atoms with Crippen molar-refractivity contribution in [2.24, 2.45) is 0 Å². The highest BCUT2D eigenvalue weighted by Crippen LogP contribution is 2.25. The smallest absolute Gasteiger partial charge is 0.0532 e. The SMILES string of the molecule is [CH+]=C[C]1CCCCC1. The maximum Gasteiger partial charge on any atom is 0.202 e. The van der Waals surface area contributed by atoms with Gasteiger partial charge in [-0.1, -0.05) is 19.3 Å². The Morgan fingerprint density at radius 3 is 2.12 bits per heavy atom. The van der Waals surface area contributed by atoms with Crippen molar-refractivity contribution in [2.75, 3.05) is 0 Å². The van der Waals surface area contributed by atoms with Gasteiger partial charge in [0.1, 0.15) is 0 Å². The highest BCUT2D eigenvalue weighted by molar-refractivity contribution is 5.05. The molecule has 0 aliphatic heterocycles. The van der Waals surface area contributed by atoms with Crippen LogP contribution in [0, 0.1) is 12.5 Å². The lowest BCUT2D eigenvalue weighted by atomic mass is 9.90. The van der Waals surface area contributed by atoms with Gasteiger partial charge in [0.25, 0.3) is 0 Å². The summed E-state index contributed by atoms with van der Waals surface area (Å²) < 4.78 is 0. The monoisotopic (exact) mass is 108 g/mol. The van der Waals surface area contributed by atoms with E-state index in [-0.39, 0.29) is 0 Å². The molecule has 0 amide bonds. The Morgan fingerprint density at radius 2 is 1.75 bits per heavy atom. The fourth-order valence-electron chi connectivity index (χ4n) is 1.17. The zero-order chi connectivity index (χ0) is 5.82. The third-order valence-electron chi connectivity index (χ3n) is 1.73. The summed E-state index contributed by atoms with van der Waals surface area (Å²) in [6, 6.07) is 0. The largest absolute Gasteiger partial charge is 0.202 e. The van der Waals surface area contributed by atoms with Crippen LogP contribution in [0.4, 0.5) is 0 Å². The van der Waals surface area contributed by atoms with Crippen LogP contribution in [-0.4, -0.2) is 0 Å². The maximum absolute atomic E-state index is 5.34. The lowest BCUT2D eigenvalue weighted by Gasteiger charge is -2.12. The molecule has 0 saturated heterocycles. The Balaban J connectivity index is 2.22. The Hall–Kier alpha value is -0.350. The molecule has 1 fully saturated rings. The van der Waals surface area contributed by atoms with Gasteiger partial charge in [-0.2, -0.15) is 0 Å². The van der Waals surface area contributed by atoms with Crippen LogP contribution in [0.2, 0.25) is 0 Å². The summed E-state index contributed by atoms with van der Waals surface area (Å²) >= 11 is 0. The van der Waals surface area contributed by atoms with E-state index in [1.807, 2.05) is 0 Å². The summed E-state index contributed by atoms with van der Waals surface area (Å²) in [5.41, 5.74) is 0. The summed E-state index contributed by atoms with van der Waals surface area (Å²) in [5.74, 6) is 1.45. The molecular formula is C8H12+. The van der Waals surface area contributed by atoms with Gasteiger partial charge in [0, 0.05) is 0 Å². The molecule has 1 saturated carbocycles. The number of hydrogen-bond donors (Lipinski definition) is 0. The molecule has 0 aromatic carbocycles. The van der Waals surface area contributed by atoms with Gasteiger partial charge in [0.15, 0.2) is 6.08 Å². The van der Waals surface area contributed by atoms with E-state index in [2.05, 4.69) is 0 Å². The van der Waals surface area contributed by atoms with Crippen LogP contribution in [0.5, 0.6) is 0 Å². The van der Waals surface area contributed by atoms with E-state index < -0.39 is 0 Å². The number of hydrogen-bond acceptors (Lipinski definition) is 0. The van der Waals surface area contributed by atoms with Crippen LogP contribution in [0.1, 0.15) is 32.1 Å². The minimum Gasteiger partial charge on any atom is -0.0532 e. The molecule has 0 nitrogen and oxygen atoms in total. The first kappa shape index (κ1) is 5.78. The fourth-order valence-corrected chi connectivity index (χ4v) is 1.17. The molecule has 1 rings (SSSR count). The van der Waals surface area contributed by atoms with Crippen LogP contribution in [0.25, 0.3) is 0 Å². The summed E-state index contributed by atoms with van der Waals surface area (Å²) in [4.78, 5) is 0. The molecule has 0 spiro atoms. The minimum atomic E-state index is 1.25. The van der Waals surface area contributed by atoms with Crippen molar-refractivity contribution in [3.05, 3.63) is 18.6 Å². The molecule has 0 N–H and O–H groups in total. The van der Waals surface area contributed by atoms with E-state index in [0.717, 1.165) is 0 Å². The van der Waals surface area contributed by atoms with Crippen molar-refractivity contribution in [1.29, 1.82) is 0 Å². The van der Waals surface area contributed by atoms with Crippen molar-refractivity contribution >= 4 is 0 Å². The molecule has 1 radical (unpaired) electrons. The molecule has 0 atom stereocenters. The highest BCUT2D eigenvalue weighted by atomic mass is 14.1. The van der Waals surface area contributed by atoms with Crippen molar-refractivity contribution in [1.82, 2.24) is 0 Å². The number of rotatable bonds is 1. The summed E-state index contributed by atoms with van der Waals surface area (Å²) in [6.07, 6.45) is 8.37. The average molecular weight is 108 g/mol. The second kappa shape index (κ2) is 2.84. The molecule has 43 valence electrons. The van der Waals surface area contributed by atoms with Gasteiger partial charge in [-0.25, -0.2) is 0 Å². The lowest BCUT2D eigenvalue weighted by Crippen LogP contribution is -1.99. The summed E-state index contributed by atoms with van der Waals surface area (Å²) in [6.45, 7) is 5.34. The van der Waals surface area contributed by atoms with Crippen molar-refractivity contribution in [3.63, 3.8) is 0 Å². The van der Waals surface area contributed by atoms with Gasteiger partial charge in [0.05, 0.1) is 5.92 Å². The first-order valence-electron chi connectivity index (χ1n) is 3.33. The zero-order valence-corrected chi connectivity index (χ0v) is 5.19. The van der Waals surface area contributed by atoms with Crippen LogP contribution in [0.15, 0.2) is 6.08 Å². The predicted octanol–water partition coefficient (Wildman–Crippen LogP) is 2.51. The standard InChI is InChI=1S/C8H12/c1-2-8-6-4-3-5-7-8/h1-2H,3-7H2/q+1. The lowest BCUT2D eigenvalue weighted by molar-refractivity contribution is 0.557. The Bertz CT molecular complexity index is 68.1. The Labute approximate surface area is 51.6 Å². The van der Waals surface area contributed by atoms with Crippen LogP contribution in [-0.2, 0) is 0 Å². The first-order chi connectivity index (χ1) is 3.93. The number of allylic oxidation sites excluding steroid dienone is 1. The van der Waals surface area contributed by atoms with Crippen molar-refractivity contribution < 1.29 is 0 Å². The molecule has 0 bridgehead atoms. The summed E-state index contributed by atoms with van der Waals surface area (Å²) in [7, 11) is 0. The van der Waals surface area contributed by atoms with Crippen LogP contribution in [0.3, 0.4) is 0 Å². The molecule has 0 aromatic heterocycles. The van der Waals surface area contributed by atoms with E-state index in [9.17, 15) is 0 Å². The average Bonchev–Trinajstić information content (AvgIpc) is 1.90. The molecule has 1 aliphatic carbocycles. The molecule has 0 aromatic rings. The molecule has 8 heavy (non-hydrogen) atoms. The van der Waals surface area contributed by atoms with Gasteiger partial charge in [-0.15, -0.1) is 0 Å². The van der Waals surface area contributed by atoms with Gasteiger partial charge in [-0.05, 0) is 12.8 Å². The van der Waals surface area contributed by atoms with Crippen molar-refractivity contribution in [3.8, 4) is 0 Å². The second-order valence-electron chi connectivity index (χ2n) is 2.39. The van der Waals surface area contributed by atoms with E-state index in [1.165, 1.54) is 38.0 Å². The third-order valence-corrected chi connectivity index (χ3v) is 1.73. The first-order valence-corrected chi connectivity index (χ1v) is 3.33. The zero-order valence-electron chi connectivity index (χ0n) is 5.19. The molecule has 0 heteroatoms. The van der Waals surface area contributed by atoms with Gasteiger partial charge < -0.3 is 0 Å². The quantitative estimate of drug-likeness (QED) is 0.453.